The minimum absolute atomic E-state index is 0.181. The normalized spacial score (nSPS) is 11.8. The van der Waals surface area contributed by atoms with Crippen molar-refractivity contribution in [2.75, 3.05) is 12.3 Å². The van der Waals surface area contributed by atoms with E-state index in [1.54, 1.807) is 17.6 Å². The molecule has 5 nitrogen and oxygen atoms in total. The Morgan fingerprint density at radius 3 is 2.72 bits per heavy atom. The molecular weight excluding hydrogens is 378 g/mol. The number of carbonyl (C=O) groups excluding carboxylic acids is 2. The third-order valence-corrected chi connectivity index (χ3v) is 5.18. The maximum absolute atomic E-state index is 12.3. The van der Waals surface area contributed by atoms with Crippen LogP contribution >= 0.6 is 34.7 Å². The van der Waals surface area contributed by atoms with Gasteiger partial charge in [-0.3, -0.25) is 9.59 Å². The van der Waals surface area contributed by atoms with Gasteiger partial charge in [0, 0.05) is 28.3 Å². The van der Waals surface area contributed by atoms with E-state index in [0.29, 0.717) is 18.0 Å². The first-order valence-electron chi connectivity index (χ1n) is 7.91. The monoisotopic (exact) mass is 397 g/mol. The predicted molar refractivity (Wildman–Crippen MR) is 103 cm³/mol. The summed E-state index contributed by atoms with van der Waals surface area (Å²) in [7, 11) is 0. The smallest absolute Gasteiger partial charge is 0.242 e. The van der Waals surface area contributed by atoms with Crippen molar-refractivity contribution in [1.29, 1.82) is 0 Å². The molecule has 134 valence electrons. The number of thiazole rings is 1. The maximum Gasteiger partial charge on any atom is 0.242 e. The number of hydrogen-bond acceptors (Lipinski definition) is 5. The molecule has 8 heteroatoms. The van der Waals surface area contributed by atoms with Crippen molar-refractivity contribution in [3.05, 3.63) is 45.9 Å². The number of aromatic nitrogens is 1. The van der Waals surface area contributed by atoms with E-state index in [1.807, 2.05) is 24.4 Å². The van der Waals surface area contributed by atoms with Crippen LogP contribution in [-0.4, -0.2) is 35.1 Å². The van der Waals surface area contributed by atoms with E-state index in [-0.39, 0.29) is 17.6 Å². The minimum Gasteiger partial charge on any atom is -0.354 e. The molecule has 0 aliphatic carbocycles. The van der Waals surface area contributed by atoms with Crippen molar-refractivity contribution in [1.82, 2.24) is 15.6 Å². The van der Waals surface area contributed by atoms with Gasteiger partial charge in [-0.2, -0.15) is 0 Å². The summed E-state index contributed by atoms with van der Waals surface area (Å²) in [5.74, 6) is -0.137. The Labute approximate surface area is 160 Å². The third-order valence-electron chi connectivity index (χ3n) is 3.28. The molecule has 25 heavy (non-hydrogen) atoms. The van der Waals surface area contributed by atoms with Crippen LogP contribution in [0.2, 0.25) is 5.02 Å². The molecule has 2 aromatic rings. The lowest BCUT2D eigenvalue weighted by Gasteiger charge is -2.17. The van der Waals surface area contributed by atoms with E-state index in [4.69, 9.17) is 11.6 Å². The topological polar surface area (TPSA) is 71.1 Å². The Balaban J connectivity index is 1.90. The molecule has 1 atom stereocenters. The Morgan fingerprint density at radius 1 is 1.32 bits per heavy atom. The summed E-state index contributed by atoms with van der Waals surface area (Å²) in [6.45, 7) is 2.57. The van der Waals surface area contributed by atoms with Gasteiger partial charge in [-0.05, 0) is 30.7 Å². The van der Waals surface area contributed by atoms with E-state index in [2.05, 4.69) is 15.6 Å². The van der Waals surface area contributed by atoms with E-state index < -0.39 is 6.04 Å². The first-order valence-corrected chi connectivity index (χ1v) is 10.2. The van der Waals surface area contributed by atoms with Crippen LogP contribution in [-0.2, 0) is 16.0 Å². The zero-order valence-corrected chi connectivity index (χ0v) is 16.2. The first kappa shape index (κ1) is 19.8. The highest BCUT2D eigenvalue weighted by molar-refractivity contribution is 8.00. The van der Waals surface area contributed by atoms with Crippen LogP contribution in [0.3, 0.4) is 0 Å². The molecule has 2 N–H and O–H groups in total. The average Bonchev–Trinajstić information content (AvgIpc) is 3.11. The molecule has 1 aromatic heterocycles. The van der Waals surface area contributed by atoms with Crippen LogP contribution in [0.1, 0.15) is 19.0 Å². The maximum atomic E-state index is 12.3. The number of benzene rings is 1. The lowest BCUT2D eigenvalue weighted by molar-refractivity contribution is -0.127. The minimum atomic E-state index is -0.619. The fourth-order valence-corrected chi connectivity index (χ4v) is 3.45. The number of carbonyl (C=O) groups is 2. The Morgan fingerprint density at radius 2 is 2.08 bits per heavy atom. The predicted octanol–water partition coefficient (Wildman–Crippen LogP) is 3.14. The summed E-state index contributed by atoms with van der Waals surface area (Å²) < 4.78 is 0. The fraction of sp³-hybridized carbons (Fsp3) is 0.353. The summed E-state index contributed by atoms with van der Waals surface area (Å²) >= 11 is 8.72. The van der Waals surface area contributed by atoms with E-state index in [1.165, 1.54) is 23.1 Å². The van der Waals surface area contributed by atoms with Gasteiger partial charge in [0.05, 0.1) is 17.0 Å². The number of hydrogen-bond donors (Lipinski definition) is 2. The highest BCUT2D eigenvalue weighted by Gasteiger charge is 2.21. The zero-order valence-electron chi connectivity index (χ0n) is 13.8. The number of nitrogens with one attached hydrogen (secondary N) is 2. The lowest BCUT2D eigenvalue weighted by Crippen LogP contribution is -2.48. The van der Waals surface area contributed by atoms with Crippen LogP contribution < -0.4 is 10.6 Å². The van der Waals surface area contributed by atoms with Gasteiger partial charge in [-0.15, -0.1) is 23.1 Å². The van der Waals surface area contributed by atoms with E-state index in [0.717, 1.165) is 17.0 Å². The molecule has 0 aliphatic rings. The van der Waals surface area contributed by atoms with Crippen molar-refractivity contribution in [3.8, 4) is 0 Å². The van der Waals surface area contributed by atoms with Crippen molar-refractivity contribution in [2.24, 2.45) is 0 Å². The fourth-order valence-electron chi connectivity index (χ4n) is 2.04. The zero-order chi connectivity index (χ0) is 18.1. The SMILES string of the molecule is CCCNC(=O)C(Cc1cscn1)NC(=O)CSc1ccc(Cl)cc1. The van der Waals surface area contributed by atoms with Gasteiger partial charge >= 0.3 is 0 Å². The Bertz CT molecular complexity index is 678. The Kier molecular flexibility index (Phi) is 8.24. The molecule has 0 spiro atoms. The second kappa shape index (κ2) is 10.4. The number of rotatable bonds is 9. The van der Waals surface area contributed by atoms with Gasteiger partial charge in [0.1, 0.15) is 6.04 Å². The van der Waals surface area contributed by atoms with Crippen LogP contribution in [0.5, 0.6) is 0 Å². The van der Waals surface area contributed by atoms with Gasteiger partial charge in [0.15, 0.2) is 0 Å². The van der Waals surface area contributed by atoms with E-state index >= 15 is 0 Å². The third kappa shape index (κ3) is 7.05. The summed E-state index contributed by atoms with van der Waals surface area (Å²) in [6.07, 6.45) is 1.23. The molecule has 0 bridgehead atoms. The summed E-state index contributed by atoms with van der Waals surface area (Å²) in [6, 6.07) is 6.67. The van der Waals surface area contributed by atoms with Gasteiger partial charge in [-0.1, -0.05) is 18.5 Å². The second-order valence-corrected chi connectivity index (χ2v) is 7.54. The van der Waals surface area contributed by atoms with Crippen molar-refractivity contribution < 1.29 is 9.59 Å². The number of halogens is 1. The molecule has 0 radical (unpaired) electrons. The molecule has 2 rings (SSSR count). The molecule has 1 heterocycles. The second-order valence-electron chi connectivity index (χ2n) is 5.34. The van der Waals surface area contributed by atoms with Crippen LogP contribution in [0, 0.1) is 0 Å². The first-order chi connectivity index (χ1) is 12.1. The molecule has 1 unspecified atom stereocenters. The standard InChI is InChI=1S/C17H20ClN3O2S2/c1-2-7-19-17(23)15(8-13-9-24-11-20-13)21-16(22)10-25-14-5-3-12(18)4-6-14/h3-6,9,11,15H,2,7-8,10H2,1H3,(H,19,23)(H,21,22). The number of nitrogens with zero attached hydrogens (tertiary/aromatic N) is 1. The molecule has 0 aliphatic heterocycles. The Hall–Kier alpha value is -1.57. The van der Waals surface area contributed by atoms with Gasteiger partial charge in [0.2, 0.25) is 11.8 Å². The summed E-state index contributed by atoms with van der Waals surface area (Å²) in [4.78, 5) is 29.7. The van der Waals surface area contributed by atoms with Gasteiger partial charge in [0.25, 0.3) is 0 Å². The summed E-state index contributed by atoms with van der Waals surface area (Å²) in [5.41, 5.74) is 2.52. The summed E-state index contributed by atoms with van der Waals surface area (Å²) in [5, 5.41) is 8.18. The van der Waals surface area contributed by atoms with Crippen LogP contribution in [0.15, 0.2) is 40.1 Å². The molecule has 0 saturated carbocycles. The molecule has 0 saturated heterocycles. The van der Waals surface area contributed by atoms with Crippen molar-refractivity contribution >= 4 is 46.5 Å². The molecular formula is C17H20ClN3O2S2. The van der Waals surface area contributed by atoms with Crippen LogP contribution in [0.4, 0.5) is 0 Å². The average molecular weight is 398 g/mol. The van der Waals surface area contributed by atoms with Gasteiger partial charge in [-0.25, -0.2) is 4.98 Å². The molecule has 1 aromatic carbocycles. The molecule has 0 fully saturated rings. The lowest BCUT2D eigenvalue weighted by atomic mass is 10.1. The van der Waals surface area contributed by atoms with Crippen molar-refractivity contribution in [3.63, 3.8) is 0 Å². The van der Waals surface area contributed by atoms with E-state index in [9.17, 15) is 9.59 Å². The number of amides is 2. The number of thioether (sulfide) groups is 1. The highest BCUT2D eigenvalue weighted by Crippen LogP contribution is 2.20. The van der Waals surface area contributed by atoms with Crippen molar-refractivity contribution in [2.45, 2.75) is 30.7 Å². The van der Waals surface area contributed by atoms with Crippen LogP contribution in [0.25, 0.3) is 0 Å². The highest BCUT2D eigenvalue weighted by atomic mass is 35.5. The molecule has 2 amide bonds. The quantitative estimate of drug-likeness (QED) is 0.637. The largest absolute Gasteiger partial charge is 0.354 e. The van der Waals surface area contributed by atoms with Gasteiger partial charge < -0.3 is 10.6 Å².